The maximum atomic E-state index is 6.48. The number of aryl methyl sites for hydroxylation is 2. The summed E-state index contributed by atoms with van der Waals surface area (Å²) in [7, 11) is 0. The quantitative estimate of drug-likeness (QED) is 0.212. The first-order chi connectivity index (χ1) is 16.3. The number of hydrogen-bond donors (Lipinski definition) is 0. The molecule has 5 heteroatoms. The smallest absolute Gasteiger partial charge is 0.348 e. The summed E-state index contributed by atoms with van der Waals surface area (Å²) >= 11 is 7.69. The average molecular weight is 513 g/mol. The van der Waals surface area contributed by atoms with E-state index in [0.717, 1.165) is 42.9 Å². The highest BCUT2D eigenvalue weighted by molar-refractivity contribution is 8.67. The molecule has 0 aliphatic rings. The van der Waals surface area contributed by atoms with Gasteiger partial charge >= 0.3 is 5.69 Å². The highest BCUT2D eigenvalue weighted by atomic mass is 32.9. The zero-order valence-electron chi connectivity index (χ0n) is 20.8. The van der Waals surface area contributed by atoms with Crippen LogP contribution in [0.5, 0.6) is 11.5 Å². The Labute approximate surface area is 215 Å². The van der Waals surface area contributed by atoms with Crippen LogP contribution >= 0.6 is 17.1 Å². The van der Waals surface area contributed by atoms with Gasteiger partial charge in [0, 0.05) is 5.75 Å². The molecule has 0 fully saturated rings. The van der Waals surface area contributed by atoms with Crippen LogP contribution in [0.1, 0.15) is 57.2 Å². The summed E-state index contributed by atoms with van der Waals surface area (Å²) in [6.07, 6.45) is 4.38. The first kappa shape index (κ1) is 26.9. The van der Waals surface area contributed by atoms with Crippen LogP contribution in [0.3, 0.4) is 0 Å². The number of rotatable bonds is 13. The lowest BCUT2D eigenvalue weighted by molar-refractivity contribution is 0.504. The molecule has 0 saturated heterocycles. The van der Waals surface area contributed by atoms with Gasteiger partial charge in [-0.15, -0.1) is 0 Å². The molecule has 0 radical (unpaired) electrons. The average Bonchev–Trinajstić information content (AvgIpc) is 2.81. The van der Waals surface area contributed by atoms with Crippen LogP contribution in [0.25, 0.3) is 0 Å². The highest BCUT2D eigenvalue weighted by Crippen LogP contribution is 2.61. The van der Waals surface area contributed by atoms with Gasteiger partial charge < -0.3 is 9.05 Å². The molecule has 3 rings (SSSR count). The Morgan fingerprint density at radius 2 is 1.15 bits per heavy atom. The molecule has 0 atom stereocenters. The molecular formula is C29H37O2PS2. The normalized spacial score (nSPS) is 11.7. The summed E-state index contributed by atoms with van der Waals surface area (Å²) in [4.78, 5) is 0. The van der Waals surface area contributed by atoms with E-state index in [1.807, 2.05) is 18.2 Å². The second-order valence-electron chi connectivity index (χ2n) is 9.55. The van der Waals surface area contributed by atoms with Gasteiger partial charge in [0.15, 0.2) is 0 Å². The van der Waals surface area contributed by atoms with Crippen molar-refractivity contribution in [3.05, 3.63) is 95.6 Å². The number of benzene rings is 3. The lowest BCUT2D eigenvalue weighted by atomic mass is 10.0. The molecule has 2 nitrogen and oxygen atoms in total. The van der Waals surface area contributed by atoms with Crippen LogP contribution in [0.15, 0.2) is 78.9 Å². The van der Waals surface area contributed by atoms with E-state index in [2.05, 4.69) is 88.4 Å². The third-order valence-electron chi connectivity index (χ3n) is 5.48. The second kappa shape index (κ2) is 13.4. The van der Waals surface area contributed by atoms with Gasteiger partial charge in [-0.3, -0.25) is 0 Å². The molecule has 0 aliphatic carbocycles. The van der Waals surface area contributed by atoms with Crippen molar-refractivity contribution in [1.29, 1.82) is 0 Å². The Hall–Kier alpha value is -1.74. The molecule has 0 N–H and O–H groups in total. The zero-order chi connectivity index (χ0) is 24.4. The zero-order valence-corrected chi connectivity index (χ0v) is 23.3. The molecule has 0 aliphatic heterocycles. The minimum absolute atomic E-state index is 0.669. The van der Waals surface area contributed by atoms with E-state index in [-0.39, 0.29) is 0 Å². The van der Waals surface area contributed by atoms with E-state index >= 15 is 0 Å². The van der Waals surface area contributed by atoms with E-state index < -0.39 is 5.69 Å². The fraction of sp³-hybridized carbons (Fsp3) is 0.379. The van der Waals surface area contributed by atoms with Gasteiger partial charge in [-0.05, 0) is 102 Å². The maximum Gasteiger partial charge on any atom is 0.348 e. The van der Waals surface area contributed by atoms with Crippen LogP contribution in [-0.4, -0.2) is 0 Å². The topological polar surface area (TPSA) is 18.5 Å². The first-order valence-corrected chi connectivity index (χ1v) is 16.4. The van der Waals surface area contributed by atoms with Gasteiger partial charge in [-0.25, -0.2) is 0 Å². The molecule has 0 aromatic heterocycles. The Kier molecular flexibility index (Phi) is 10.6. The van der Waals surface area contributed by atoms with Gasteiger partial charge in [0.1, 0.15) is 11.5 Å². The van der Waals surface area contributed by atoms with Gasteiger partial charge in [0.2, 0.25) is 0 Å². The Bertz CT molecular complexity index is 1000. The molecule has 182 valence electrons. The summed E-state index contributed by atoms with van der Waals surface area (Å²) in [5.74, 6) is 3.67. The van der Waals surface area contributed by atoms with E-state index in [0.29, 0.717) is 11.8 Å². The first-order valence-electron chi connectivity index (χ1n) is 12.2. The van der Waals surface area contributed by atoms with Crippen molar-refractivity contribution in [3.8, 4) is 11.5 Å². The number of hydrogen-bond acceptors (Lipinski definition) is 4. The van der Waals surface area contributed by atoms with E-state index in [1.165, 1.54) is 16.7 Å². The third-order valence-corrected chi connectivity index (χ3v) is 10.3. The van der Waals surface area contributed by atoms with Crippen molar-refractivity contribution in [2.24, 2.45) is 11.8 Å². The van der Waals surface area contributed by atoms with Crippen molar-refractivity contribution < 1.29 is 9.05 Å². The van der Waals surface area contributed by atoms with Crippen molar-refractivity contribution in [1.82, 2.24) is 0 Å². The molecule has 0 amide bonds. The van der Waals surface area contributed by atoms with Gasteiger partial charge in [0.05, 0.1) is 0 Å². The largest absolute Gasteiger partial charge is 0.428 e. The van der Waals surface area contributed by atoms with E-state index in [1.54, 1.807) is 11.4 Å². The molecule has 34 heavy (non-hydrogen) atoms. The summed E-state index contributed by atoms with van der Waals surface area (Å²) in [6, 6.07) is 27.0. The molecule has 3 aromatic rings. The van der Waals surface area contributed by atoms with Crippen molar-refractivity contribution in [2.75, 3.05) is 0 Å². The molecule has 0 heterocycles. The van der Waals surface area contributed by atoms with Crippen LogP contribution in [0.2, 0.25) is 0 Å². The van der Waals surface area contributed by atoms with Crippen LogP contribution in [-0.2, 0) is 30.4 Å². The Morgan fingerprint density at radius 3 is 1.62 bits per heavy atom. The van der Waals surface area contributed by atoms with E-state index in [9.17, 15) is 0 Å². The van der Waals surface area contributed by atoms with Crippen LogP contribution < -0.4 is 9.05 Å². The van der Waals surface area contributed by atoms with Crippen LogP contribution in [0.4, 0.5) is 0 Å². The summed E-state index contributed by atoms with van der Waals surface area (Å²) in [5.41, 5.74) is 1.07. The fourth-order valence-electron chi connectivity index (χ4n) is 3.48. The van der Waals surface area contributed by atoms with Gasteiger partial charge in [-0.2, -0.15) is 0 Å². The summed E-state index contributed by atoms with van der Waals surface area (Å²) in [5, 5.41) is 0. The Balaban J connectivity index is 1.79. The molecule has 0 unspecified atom stereocenters. The molecule has 3 aromatic carbocycles. The molecule has 0 spiro atoms. The lowest BCUT2D eigenvalue weighted by Gasteiger charge is -2.23. The molecule has 0 saturated carbocycles. The predicted molar refractivity (Wildman–Crippen MR) is 152 cm³/mol. The van der Waals surface area contributed by atoms with Crippen molar-refractivity contribution in [2.45, 2.75) is 59.1 Å². The monoisotopic (exact) mass is 512 g/mol. The summed E-state index contributed by atoms with van der Waals surface area (Å²) < 4.78 is 13.0. The summed E-state index contributed by atoms with van der Waals surface area (Å²) in [6.45, 7) is 9.01. The highest BCUT2D eigenvalue weighted by Gasteiger charge is 2.24. The SMILES string of the molecule is CC(C)CCc1cccc(OP(=S)(Oc2cccc(CCC(C)C)c2)SCc2ccccc2)c1. The van der Waals surface area contributed by atoms with E-state index in [4.69, 9.17) is 20.9 Å². The minimum atomic E-state index is -2.69. The van der Waals surface area contributed by atoms with Crippen molar-refractivity contribution >= 4 is 28.9 Å². The fourth-order valence-corrected chi connectivity index (χ4v) is 7.61. The predicted octanol–water partition coefficient (Wildman–Crippen LogP) is 9.48. The van der Waals surface area contributed by atoms with Gasteiger partial charge in [-0.1, -0.05) is 82.3 Å². The lowest BCUT2D eigenvalue weighted by Crippen LogP contribution is -2.00. The third kappa shape index (κ3) is 9.49. The molecular weight excluding hydrogens is 475 g/mol. The minimum Gasteiger partial charge on any atom is -0.428 e. The second-order valence-corrected chi connectivity index (χ2v) is 15.7. The van der Waals surface area contributed by atoms with Gasteiger partial charge in [0.25, 0.3) is 0 Å². The standard InChI is InChI=1S/C29H37O2PS2/c1-23(2)16-18-25-12-8-14-28(20-25)30-32(33,34-22-27-10-6-5-7-11-27)31-29-15-9-13-26(21-29)19-17-24(3)4/h5-15,20-21,23-24H,16-19,22H2,1-4H3. The van der Waals surface area contributed by atoms with Crippen LogP contribution in [0, 0.1) is 11.8 Å². The Morgan fingerprint density at radius 1 is 0.676 bits per heavy atom. The molecule has 0 bridgehead atoms. The maximum absolute atomic E-state index is 6.48. The van der Waals surface area contributed by atoms with Crippen molar-refractivity contribution in [3.63, 3.8) is 0 Å².